The van der Waals surface area contributed by atoms with Gasteiger partial charge in [0.15, 0.2) is 0 Å². The molecule has 1 N–H and O–H groups in total. The Kier molecular flexibility index (Phi) is 22.5. The first-order chi connectivity index (χ1) is 8.77. The molecule has 0 spiro atoms. The van der Waals surface area contributed by atoms with Gasteiger partial charge in [0.2, 0.25) is 0 Å². The number of hydrogen-bond donors (Lipinski definition) is 1. The second-order valence-electron chi connectivity index (χ2n) is 5.39. The zero-order valence-electron chi connectivity index (χ0n) is 13.3. The Morgan fingerprint density at radius 2 is 1.00 bits per heavy atom. The van der Waals surface area contributed by atoms with Crippen molar-refractivity contribution in [3.05, 3.63) is 0 Å². The maximum absolute atomic E-state index is 10.3. The number of aliphatic carboxylic acids is 1. The Balaban J connectivity index is 0. The van der Waals surface area contributed by atoms with E-state index in [4.69, 9.17) is 5.11 Å². The van der Waals surface area contributed by atoms with Crippen LogP contribution in [0.4, 0.5) is 0 Å². The summed E-state index contributed by atoms with van der Waals surface area (Å²) in [7, 11) is 0. The van der Waals surface area contributed by atoms with Crippen molar-refractivity contribution in [1.82, 2.24) is 0 Å². The number of unbranched alkanes of at least 4 members (excludes halogenated alkanes) is 12. The molecule has 109 valence electrons. The molecule has 0 amide bonds. The van der Waals surface area contributed by atoms with E-state index in [9.17, 15) is 4.79 Å². The molecule has 1 radical (unpaired) electrons. The fraction of sp³-hybridized carbons (Fsp3) is 0.938. The van der Waals surface area contributed by atoms with Crippen LogP contribution in [0.5, 0.6) is 0 Å². The zero-order chi connectivity index (χ0) is 13.5. The molecule has 0 aliphatic heterocycles. The van der Waals surface area contributed by atoms with Crippen LogP contribution in [0.3, 0.4) is 0 Å². The van der Waals surface area contributed by atoms with E-state index in [-0.39, 0.29) is 51.4 Å². The second-order valence-corrected chi connectivity index (χ2v) is 5.39. The van der Waals surface area contributed by atoms with Gasteiger partial charge in [0.05, 0.1) is 0 Å². The Hall–Kier alpha value is 1.11. The minimum absolute atomic E-state index is 0. The van der Waals surface area contributed by atoms with Gasteiger partial charge in [-0.3, -0.25) is 4.79 Å². The van der Waals surface area contributed by atoms with Gasteiger partial charge in [0, 0.05) is 57.8 Å². The summed E-state index contributed by atoms with van der Waals surface area (Å²) in [5.74, 6) is -0.655. The zero-order valence-corrected chi connectivity index (χ0v) is 16.4. The van der Waals surface area contributed by atoms with Gasteiger partial charge in [-0.1, -0.05) is 84.0 Å². The van der Waals surface area contributed by atoms with Crippen LogP contribution in [0.2, 0.25) is 0 Å². The van der Waals surface area contributed by atoms with Crippen LogP contribution < -0.4 is 0 Å². The van der Waals surface area contributed by atoms with Crippen LogP contribution in [0, 0.1) is 0 Å². The summed E-state index contributed by atoms with van der Waals surface area (Å²) in [6, 6.07) is 0. The van der Waals surface area contributed by atoms with Crippen LogP contribution in [-0.4, -0.2) is 62.5 Å². The molecule has 0 saturated heterocycles. The number of carbonyl (C=O) groups is 1. The van der Waals surface area contributed by atoms with Gasteiger partial charge < -0.3 is 5.11 Å². The van der Waals surface area contributed by atoms with Crippen molar-refractivity contribution in [3.8, 4) is 0 Å². The second kappa shape index (κ2) is 19.1. The normalized spacial score (nSPS) is 10.2. The smallest absolute Gasteiger partial charge is 0.303 e. The van der Waals surface area contributed by atoms with E-state index >= 15 is 0 Å². The van der Waals surface area contributed by atoms with Crippen molar-refractivity contribution in [3.63, 3.8) is 0 Å². The number of carboxylic acid groups (broad SMARTS) is 1. The summed E-state index contributed by atoms with van der Waals surface area (Å²) >= 11 is 0. The number of carboxylic acids is 1. The minimum atomic E-state index is -0.655. The Bertz CT molecular complexity index is 184. The summed E-state index contributed by atoms with van der Waals surface area (Å²) in [5, 5.41) is 8.49. The predicted octanol–water partition coefficient (Wildman–Crippen LogP) is 5.17. The van der Waals surface area contributed by atoms with Crippen molar-refractivity contribution < 1.29 is 9.90 Å². The average Bonchev–Trinajstić information content (AvgIpc) is 2.34. The fourth-order valence-electron chi connectivity index (χ4n) is 2.29. The van der Waals surface area contributed by atoms with E-state index in [1.54, 1.807) is 0 Å². The average molecular weight is 311 g/mol. The molecule has 0 aromatic rings. The van der Waals surface area contributed by atoms with Gasteiger partial charge in [-0.2, -0.15) is 0 Å². The molecule has 0 rings (SSSR count). The molecule has 0 aromatic heterocycles. The Morgan fingerprint density at radius 3 is 1.32 bits per heavy atom. The Morgan fingerprint density at radius 1 is 0.684 bits per heavy atom. The Labute approximate surface area is 162 Å². The molecule has 0 unspecified atom stereocenters. The molecule has 0 atom stereocenters. The largest absolute Gasteiger partial charge is 0.481 e. The molecular weight excluding hydrogens is 279 g/mol. The number of hydrogen-bond acceptors (Lipinski definition) is 1. The number of rotatable bonds is 14. The third-order valence-corrected chi connectivity index (χ3v) is 3.49. The van der Waals surface area contributed by atoms with E-state index in [0.29, 0.717) is 6.42 Å². The van der Waals surface area contributed by atoms with Crippen LogP contribution in [0.25, 0.3) is 0 Å². The minimum Gasteiger partial charge on any atom is -0.481 e. The summed E-state index contributed by atoms with van der Waals surface area (Å²) in [6.07, 6.45) is 17.3. The molecular formula is C16H32KO2. The van der Waals surface area contributed by atoms with Gasteiger partial charge >= 0.3 is 5.97 Å². The molecule has 19 heavy (non-hydrogen) atoms. The van der Waals surface area contributed by atoms with Gasteiger partial charge in [0.25, 0.3) is 0 Å². The third-order valence-electron chi connectivity index (χ3n) is 3.49. The molecule has 0 aliphatic carbocycles. The van der Waals surface area contributed by atoms with E-state index in [2.05, 4.69) is 6.92 Å². The van der Waals surface area contributed by atoms with Gasteiger partial charge in [-0.05, 0) is 6.42 Å². The predicted molar refractivity (Wildman–Crippen MR) is 83.7 cm³/mol. The molecule has 0 aliphatic rings. The summed E-state index contributed by atoms with van der Waals surface area (Å²) in [6.45, 7) is 2.26. The molecule has 0 bridgehead atoms. The SMILES string of the molecule is [13CH3][13CH2][13CH2][13CH2][13CH2][13CH2][13CH2][13CH2][13CH2][13CH2][13CH2][13CH2][13CH2][13CH2][13CH2][13C](=O)O.[K]. The topological polar surface area (TPSA) is 37.3 Å². The van der Waals surface area contributed by atoms with Crippen LogP contribution in [-0.2, 0) is 4.79 Å². The molecule has 3 heteroatoms. The van der Waals surface area contributed by atoms with Gasteiger partial charge in [0.1, 0.15) is 0 Å². The van der Waals surface area contributed by atoms with E-state index in [1.807, 2.05) is 0 Å². The van der Waals surface area contributed by atoms with Crippen molar-refractivity contribution in [2.45, 2.75) is 96.8 Å². The monoisotopic (exact) mass is 311 g/mol. The van der Waals surface area contributed by atoms with E-state index in [0.717, 1.165) is 12.8 Å². The molecule has 0 heterocycles. The maximum Gasteiger partial charge on any atom is 0.303 e. The quantitative estimate of drug-likeness (QED) is 0.273. The molecule has 2 nitrogen and oxygen atoms in total. The van der Waals surface area contributed by atoms with Crippen LogP contribution >= 0.6 is 0 Å². The summed E-state index contributed by atoms with van der Waals surface area (Å²) in [4.78, 5) is 10.3. The standard InChI is InChI=1S/C16H32O2.K/c1-2-3-4-5-6-7-8-9-10-11-12-13-14-15-16(17)18;/h2-15H2,1H3,(H,17,18);/i1+1,2+1,3+1,4+1,5+1,6+1,7+1,8+1,9+1,10+1,11+1,12+1,13+1,14+1,15+1,16+1;. The molecule has 0 aromatic carbocycles. The molecule has 0 fully saturated rings. The van der Waals surface area contributed by atoms with Crippen molar-refractivity contribution >= 4 is 57.4 Å². The first kappa shape index (κ1) is 22.4. The summed E-state index contributed by atoms with van der Waals surface area (Å²) < 4.78 is 0. The van der Waals surface area contributed by atoms with Gasteiger partial charge in [-0.25, -0.2) is 0 Å². The van der Waals surface area contributed by atoms with E-state index in [1.165, 1.54) is 70.6 Å². The first-order valence-electron chi connectivity index (χ1n) is 7.99. The van der Waals surface area contributed by atoms with Crippen LogP contribution in [0.1, 0.15) is 96.8 Å². The van der Waals surface area contributed by atoms with Crippen molar-refractivity contribution in [2.75, 3.05) is 0 Å². The molecule has 0 saturated carbocycles. The van der Waals surface area contributed by atoms with E-state index < -0.39 is 5.97 Å². The van der Waals surface area contributed by atoms with Gasteiger partial charge in [-0.15, -0.1) is 0 Å². The van der Waals surface area contributed by atoms with Crippen LogP contribution in [0.15, 0.2) is 0 Å². The first-order valence-corrected chi connectivity index (χ1v) is 7.99. The maximum atomic E-state index is 10.3. The van der Waals surface area contributed by atoms with Crippen molar-refractivity contribution in [2.24, 2.45) is 0 Å². The summed E-state index contributed by atoms with van der Waals surface area (Å²) in [5.41, 5.74) is 0. The third kappa shape index (κ3) is 21.6. The van der Waals surface area contributed by atoms with Crippen molar-refractivity contribution in [1.29, 1.82) is 0 Å². The fourth-order valence-corrected chi connectivity index (χ4v) is 2.29.